The molecule has 0 saturated carbocycles. The molecule has 0 fully saturated rings. The molecule has 0 spiro atoms. The van der Waals surface area contributed by atoms with Gasteiger partial charge in [-0.05, 0) is 12.1 Å². The zero-order valence-corrected chi connectivity index (χ0v) is 10.1. The standard InChI is InChI=1S/C10H10Cl2F3NO/c11-7-2-1-3-8(12)9(7)17-5-6(4-16)10(13,14)15/h1-3,6H,4-5,16H2. The topological polar surface area (TPSA) is 35.2 Å². The van der Waals surface area contributed by atoms with Gasteiger partial charge in [-0.25, -0.2) is 0 Å². The van der Waals surface area contributed by atoms with Crippen molar-refractivity contribution in [2.24, 2.45) is 11.7 Å². The van der Waals surface area contributed by atoms with Crippen LogP contribution in [0.4, 0.5) is 13.2 Å². The summed E-state index contributed by atoms with van der Waals surface area (Å²) in [6, 6.07) is 4.53. The van der Waals surface area contributed by atoms with Crippen LogP contribution in [0.3, 0.4) is 0 Å². The highest BCUT2D eigenvalue weighted by atomic mass is 35.5. The molecule has 17 heavy (non-hydrogen) atoms. The summed E-state index contributed by atoms with van der Waals surface area (Å²) in [5.41, 5.74) is 5.03. The first kappa shape index (κ1) is 14.4. The van der Waals surface area contributed by atoms with E-state index in [0.29, 0.717) is 0 Å². The van der Waals surface area contributed by atoms with Gasteiger partial charge >= 0.3 is 6.18 Å². The van der Waals surface area contributed by atoms with E-state index < -0.39 is 25.2 Å². The molecule has 1 unspecified atom stereocenters. The molecule has 96 valence electrons. The zero-order chi connectivity index (χ0) is 13.1. The number of para-hydroxylation sites is 1. The third-order valence-corrected chi connectivity index (χ3v) is 2.69. The summed E-state index contributed by atoms with van der Waals surface area (Å²) in [5.74, 6) is -1.70. The lowest BCUT2D eigenvalue weighted by atomic mass is 10.1. The van der Waals surface area contributed by atoms with Crippen LogP contribution < -0.4 is 10.5 Å². The van der Waals surface area contributed by atoms with Gasteiger partial charge in [-0.15, -0.1) is 0 Å². The van der Waals surface area contributed by atoms with Gasteiger partial charge in [0.2, 0.25) is 0 Å². The van der Waals surface area contributed by atoms with Gasteiger partial charge in [-0.1, -0.05) is 29.3 Å². The number of alkyl halides is 3. The molecular formula is C10H10Cl2F3NO. The average molecular weight is 288 g/mol. The minimum Gasteiger partial charge on any atom is -0.490 e. The van der Waals surface area contributed by atoms with E-state index in [9.17, 15) is 13.2 Å². The number of ether oxygens (including phenoxy) is 1. The second kappa shape index (κ2) is 5.80. The Balaban J connectivity index is 2.73. The Bertz CT molecular complexity index is 364. The summed E-state index contributed by atoms with van der Waals surface area (Å²) in [6.07, 6.45) is -4.40. The minimum absolute atomic E-state index is 0.0403. The van der Waals surface area contributed by atoms with Gasteiger partial charge < -0.3 is 10.5 Å². The third-order valence-electron chi connectivity index (χ3n) is 2.10. The second-order valence-electron chi connectivity index (χ2n) is 3.34. The van der Waals surface area contributed by atoms with Crippen LogP contribution in [-0.4, -0.2) is 19.3 Å². The van der Waals surface area contributed by atoms with Crippen LogP contribution in [0, 0.1) is 5.92 Å². The van der Waals surface area contributed by atoms with E-state index in [1.807, 2.05) is 0 Å². The van der Waals surface area contributed by atoms with Crippen molar-refractivity contribution >= 4 is 23.2 Å². The third kappa shape index (κ3) is 3.94. The number of nitrogens with two attached hydrogens (primary N) is 1. The molecule has 2 N–H and O–H groups in total. The fourth-order valence-corrected chi connectivity index (χ4v) is 1.61. The van der Waals surface area contributed by atoms with E-state index in [-0.39, 0.29) is 15.8 Å². The maximum Gasteiger partial charge on any atom is 0.396 e. The van der Waals surface area contributed by atoms with Crippen LogP contribution in [0.2, 0.25) is 10.0 Å². The second-order valence-corrected chi connectivity index (χ2v) is 4.15. The van der Waals surface area contributed by atoms with Crippen LogP contribution in [0.1, 0.15) is 0 Å². The van der Waals surface area contributed by atoms with E-state index in [1.54, 1.807) is 6.07 Å². The lowest BCUT2D eigenvalue weighted by Gasteiger charge is -2.19. The van der Waals surface area contributed by atoms with Crippen LogP contribution in [0.25, 0.3) is 0 Å². The van der Waals surface area contributed by atoms with Crippen LogP contribution >= 0.6 is 23.2 Å². The van der Waals surface area contributed by atoms with Crippen molar-refractivity contribution in [3.8, 4) is 5.75 Å². The van der Waals surface area contributed by atoms with Gasteiger partial charge in [0.25, 0.3) is 0 Å². The molecular weight excluding hydrogens is 278 g/mol. The fourth-order valence-electron chi connectivity index (χ4n) is 1.10. The van der Waals surface area contributed by atoms with Crippen LogP contribution in [0.5, 0.6) is 5.75 Å². The molecule has 0 radical (unpaired) electrons. The highest BCUT2D eigenvalue weighted by molar-refractivity contribution is 6.37. The molecule has 0 aromatic heterocycles. The van der Waals surface area contributed by atoms with Crippen molar-refractivity contribution in [2.75, 3.05) is 13.2 Å². The summed E-state index contributed by atoms with van der Waals surface area (Å²) in [6.45, 7) is -1.16. The van der Waals surface area contributed by atoms with Crippen molar-refractivity contribution in [2.45, 2.75) is 6.18 Å². The molecule has 7 heteroatoms. The fraction of sp³-hybridized carbons (Fsp3) is 0.400. The molecule has 0 aliphatic heterocycles. The average Bonchev–Trinajstić information content (AvgIpc) is 2.20. The van der Waals surface area contributed by atoms with Crippen molar-refractivity contribution < 1.29 is 17.9 Å². The molecule has 1 rings (SSSR count). The van der Waals surface area contributed by atoms with Crippen molar-refractivity contribution in [3.05, 3.63) is 28.2 Å². The Hall–Kier alpha value is -0.650. The first-order valence-electron chi connectivity index (χ1n) is 4.70. The molecule has 0 saturated heterocycles. The highest BCUT2D eigenvalue weighted by Crippen LogP contribution is 2.34. The molecule has 1 aromatic carbocycles. The molecule has 0 amide bonds. The number of hydrogen-bond acceptors (Lipinski definition) is 2. The summed E-state index contributed by atoms with van der Waals surface area (Å²) in [7, 11) is 0. The normalized spacial score (nSPS) is 13.5. The molecule has 2 nitrogen and oxygen atoms in total. The first-order valence-corrected chi connectivity index (χ1v) is 5.45. The summed E-state index contributed by atoms with van der Waals surface area (Å²) in [5, 5.41) is 0.325. The minimum atomic E-state index is -4.40. The molecule has 0 aliphatic rings. The first-order chi connectivity index (χ1) is 7.86. The molecule has 0 aliphatic carbocycles. The Morgan fingerprint density at radius 3 is 2.18 bits per heavy atom. The highest BCUT2D eigenvalue weighted by Gasteiger charge is 2.39. The Kier molecular flexibility index (Phi) is 4.91. The summed E-state index contributed by atoms with van der Waals surface area (Å²) < 4.78 is 42.2. The SMILES string of the molecule is NCC(COc1c(Cl)cccc1Cl)C(F)(F)F. The number of hydrogen-bond donors (Lipinski definition) is 1. The summed E-state index contributed by atoms with van der Waals surface area (Å²) in [4.78, 5) is 0. The number of benzene rings is 1. The van der Waals surface area contributed by atoms with Crippen molar-refractivity contribution in [1.29, 1.82) is 0 Å². The van der Waals surface area contributed by atoms with E-state index in [1.165, 1.54) is 12.1 Å². The lowest BCUT2D eigenvalue weighted by molar-refractivity contribution is -0.178. The van der Waals surface area contributed by atoms with Gasteiger partial charge in [0.05, 0.1) is 10.0 Å². The molecule has 0 heterocycles. The molecule has 1 aromatic rings. The number of rotatable bonds is 4. The van der Waals surface area contributed by atoms with Gasteiger partial charge in [-0.3, -0.25) is 0 Å². The Morgan fingerprint density at radius 2 is 1.76 bits per heavy atom. The maximum atomic E-state index is 12.4. The smallest absolute Gasteiger partial charge is 0.396 e. The quantitative estimate of drug-likeness (QED) is 0.920. The molecule has 1 atom stereocenters. The van der Waals surface area contributed by atoms with E-state index in [4.69, 9.17) is 33.7 Å². The van der Waals surface area contributed by atoms with Crippen molar-refractivity contribution in [3.63, 3.8) is 0 Å². The predicted molar refractivity (Wildman–Crippen MR) is 60.6 cm³/mol. The van der Waals surface area contributed by atoms with Gasteiger partial charge in [0.15, 0.2) is 5.75 Å². The zero-order valence-electron chi connectivity index (χ0n) is 8.60. The maximum absolute atomic E-state index is 12.4. The Morgan fingerprint density at radius 1 is 1.24 bits per heavy atom. The van der Waals surface area contributed by atoms with E-state index in [2.05, 4.69) is 0 Å². The van der Waals surface area contributed by atoms with Gasteiger partial charge in [0, 0.05) is 6.54 Å². The van der Waals surface area contributed by atoms with Gasteiger partial charge in [-0.2, -0.15) is 13.2 Å². The van der Waals surface area contributed by atoms with E-state index in [0.717, 1.165) is 0 Å². The largest absolute Gasteiger partial charge is 0.490 e. The van der Waals surface area contributed by atoms with E-state index >= 15 is 0 Å². The number of halogens is 5. The predicted octanol–water partition coefficient (Wildman–Crippen LogP) is 3.51. The molecule has 0 bridgehead atoms. The Labute approximate surface area is 106 Å². The van der Waals surface area contributed by atoms with Crippen LogP contribution in [-0.2, 0) is 0 Å². The monoisotopic (exact) mass is 287 g/mol. The van der Waals surface area contributed by atoms with Crippen molar-refractivity contribution in [1.82, 2.24) is 0 Å². The van der Waals surface area contributed by atoms with Gasteiger partial charge in [0.1, 0.15) is 12.5 Å². The lowest BCUT2D eigenvalue weighted by Crippen LogP contribution is -2.35. The van der Waals surface area contributed by atoms with Crippen LogP contribution in [0.15, 0.2) is 18.2 Å². The summed E-state index contributed by atoms with van der Waals surface area (Å²) >= 11 is 11.5.